The lowest BCUT2D eigenvalue weighted by Gasteiger charge is -2.37. The summed E-state index contributed by atoms with van der Waals surface area (Å²) < 4.78 is 0. The summed E-state index contributed by atoms with van der Waals surface area (Å²) >= 11 is 6.52. The van der Waals surface area contributed by atoms with Crippen molar-refractivity contribution in [1.82, 2.24) is 0 Å². The van der Waals surface area contributed by atoms with E-state index in [2.05, 4.69) is 43.9 Å². The maximum absolute atomic E-state index is 6.52. The monoisotopic (exact) mass is 454 g/mol. The molecule has 0 radical (unpaired) electrons. The minimum atomic E-state index is 0.587. The van der Waals surface area contributed by atoms with Gasteiger partial charge < -0.3 is 0 Å². The second-order valence-corrected chi connectivity index (χ2v) is 11.2. The van der Waals surface area contributed by atoms with Gasteiger partial charge in [-0.25, -0.2) is 0 Å². The van der Waals surface area contributed by atoms with E-state index in [0.29, 0.717) is 5.92 Å². The molecule has 0 spiro atoms. The molecule has 0 nitrogen and oxygen atoms in total. The van der Waals surface area contributed by atoms with E-state index in [-0.39, 0.29) is 0 Å². The Morgan fingerprint density at radius 2 is 1.44 bits per heavy atom. The van der Waals surface area contributed by atoms with Gasteiger partial charge in [0.15, 0.2) is 0 Å². The number of halogens is 1. The first kappa shape index (κ1) is 25.7. The standard InChI is InChI=1S/C31H47Cl/c1-3-5-7-9-10-25-14-19-28(20-15-25)29-21-16-26(17-22-29)12-13-27-18-23-30(31(32)24-27)11-8-6-4-2/h18,23-26,28-29H,3-11,14-17,19-22H2,1-2H3. The van der Waals surface area contributed by atoms with E-state index in [1.807, 2.05) is 0 Å². The Balaban J connectivity index is 1.38. The Hall–Kier alpha value is -0.930. The van der Waals surface area contributed by atoms with Crippen molar-refractivity contribution in [3.05, 3.63) is 34.3 Å². The molecule has 1 aromatic rings. The van der Waals surface area contributed by atoms with Crippen LogP contribution in [-0.2, 0) is 6.42 Å². The summed E-state index contributed by atoms with van der Waals surface area (Å²) in [4.78, 5) is 0. The number of benzene rings is 1. The molecule has 0 bridgehead atoms. The largest absolute Gasteiger partial charge is 0.0945 e. The fourth-order valence-electron chi connectivity index (χ4n) is 6.12. The van der Waals surface area contributed by atoms with Crippen molar-refractivity contribution < 1.29 is 0 Å². The highest BCUT2D eigenvalue weighted by Crippen LogP contribution is 2.42. The molecule has 178 valence electrons. The van der Waals surface area contributed by atoms with Crippen molar-refractivity contribution in [3.63, 3.8) is 0 Å². The van der Waals surface area contributed by atoms with E-state index in [0.717, 1.165) is 34.8 Å². The Bertz CT molecular complexity index is 708. The highest BCUT2D eigenvalue weighted by atomic mass is 35.5. The molecule has 2 aliphatic carbocycles. The Morgan fingerprint density at radius 1 is 0.781 bits per heavy atom. The van der Waals surface area contributed by atoms with E-state index >= 15 is 0 Å². The van der Waals surface area contributed by atoms with Gasteiger partial charge in [-0.15, -0.1) is 0 Å². The van der Waals surface area contributed by atoms with Gasteiger partial charge in [-0.1, -0.05) is 101 Å². The maximum Gasteiger partial charge on any atom is 0.0450 e. The zero-order valence-corrected chi connectivity index (χ0v) is 21.7. The lowest BCUT2D eigenvalue weighted by molar-refractivity contribution is 0.153. The van der Waals surface area contributed by atoms with Gasteiger partial charge in [0.25, 0.3) is 0 Å². The molecule has 1 aromatic carbocycles. The van der Waals surface area contributed by atoms with Gasteiger partial charge in [0.2, 0.25) is 0 Å². The molecule has 0 unspecified atom stereocenters. The van der Waals surface area contributed by atoms with Crippen molar-refractivity contribution in [1.29, 1.82) is 0 Å². The first-order chi connectivity index (χ1) is 15.7. The topological polar surface area (TPSA) is 0 Å². The quantitative estimate of drug-likeness (QED) is 0.243. The van der Waals surface area contributed by atoms with Gasteiger partial charge in [-0.05, 0) is 86.8 Å². The predicted molar refractivity (Wildman–Crippen MR) is 141 cm³/mol. The molecule has 2 aliphatic rings. The van der Waals surface area contributed by atoms with Crippen LogP contribution < -0.4 is 0 Å². The van der Waals surface area contributed by atoms with Crippen LogP contribution in [0.3, 0.4) is 0 Å². The van der Waals surface area contributed by atoms with Gasteiger partial charge in [0.1, 0.15) is 0 Å². The van der Waals surface area contributed by atoms with Crippen LogP contribution in [0.2, 0.25) is 5.02 Å². The van der Waals surface area contributed by atoms with Crippen LogP contribution in [-0.4, -0.2) is 0 Å². The van der Waals surface area contributed by atoms with Crippen LogP contribution >= 0.6 is 11.6 Å². The van der Waals surface area contributed by atoms with Gasteiger partial charge >= 0.3 is 0 Å². The predicted octanol–water partition coefficient (Wildman–Crippen LogP) is 10.0. The third kappa shape index (κ3) is 8.45. The number of aryl methyl sites for hydroxylation is 1. The molecule has 0 amide bonds. The van der Waals surface area contributed by atoms with Crippen molar-refractivity contribution in [2.75, 3.05) is 0 Å². The Morgan fingerprint density at radius 3 is 2.09 bits per heavy atom. The summed E-state index contributed by atoms with van der Waals surface area (Å²) in [6.07, 6.45) is 23.5. The average Bonchev–Trinajstić information content (AvgIpc) is 2.83. The number of hydrogen-bond acceptors (Lipinski definition) is 0. The van der Waals surface area contributed by atoms with Crippen LogP contribution in [0.4, 0.5) is 0 Å². The SMILES string of the molecule is CCCCCCC1CCC(C2CCC(C#Cc3ccc(CCCCC)c(Cl)c3)CC2)CC1. The van der Waals surface area contributed by atoms with Gasteiger partial charge in [-0.2, -0.15) is 0 Å². The van der Waals surface area contributed by atoms with Gasteiger partial charge in [0.05, 0.1) is 0 Å². The molecule has 1 heteroatoms. The normalized spacial score (nSPS) is 25.8. The van der Waals surface area contributed by atoms with Gasteiger partial charge in [-0.3, -0.25) is 0 Å². The molecule has 0 heterocycles. The van der Waals surface area contributed by atoms with Crippen molar-refractivity contribution >= 4 is 11.6 Å². The third-order valence-electron chi connectivity index (χ3n) is 8.32. The molecule has 0 aliphatic heterocycles. The fraction of sp³-hybridized carbons (Fsp3) is 0.742. The Kier molecular flexibility index (Phi) is 11.5. The van der Waals surface area contributed by atoms with Gasteiger partial charge in [0, 0.05) is 16.5 Å². The Labute approximate surface area is 204 Å². The summed E-state index contributed by atoms with van der Waals surface area (Å²) in [6, 6.07) is 6.45. The lowest BCUT2D eigenvalue weighted by atomic mass is 9.69. The first-order valence-corrected chi connectivity index (χ1v) is 14.4. The van der Waals surface area contributed by atoms with Crippen LogP contribution in [0.1, 0.15) is 128 Å². The van der Waals surface area contributed by atoms with E-state index < -0.39 is 0 Å². The smallest absolute Gasteiger partial charge is 0.0450 e. The minimum Gasteiger partial charge on any atom is -0.0945 e. The average molecular weight is 455 g/mol. The van der Waals surface area contributed by atoms with Crippen LogP contribution in [0.25, 0.3) is 0 Å². The van der Waals surface area contributed by atoms with Crippen molar-refractivity contribution in [2.24, 2.45) is 23.7 Å². The zero-order chi connectivity index (χ0) is 22.6. The highest BCUT2D eigenvalue weighted by Gasteiger charge is 2.30. The highest BCUT2D eigenvalue weighted by molar-refractivity contribution is 6.31. The number of hydrogen-bond donors (Lipinski definition) is 0. The fourth-order valence-corrected chi connectivity index (χ4v) is 6.40. The zero-order valence-electron chi connectivity index (χ0n) is 20.9. The molecule has 0 atom stereocenters. The van der Waals surface area contributed by atoms with Crippen LogP contribution in [0, 0.1) is 35.5 Å². The summed E-state index contributed by atoms with van der Waals surface area (Å²) in [5, 5.41) is 0.901. The second kappa shape index (κ2) is 14.4. The molecule has 0 aromatic heterocycles. The number of unbranched alkanes of at least 4 members (excludes halogenated alkanes) is 5. The summed E-state index contributed by atoms with van der Waals surface area (Å²) in [5.41, 5.74) is 2.37. The molecule has 0 saturated heterocycles. The summed E-state index contributed by atoms with van der Waals surface area (Å²) in [6.45, 7) is 4.56. The molecule has 2 fully saturated rings. The van der Waals surface area contributed by atoms with Crippen molar-refractivity contribution in [2.45, 2.75) is 123 Å². The molecule has 0 N–H and O–H groups in total. The summed E-state index contributed by atoms with van der Waals surface area (Å²) in [7, 11) is 0. The lowest BCUT2D eigenvalue weighted by Crippen LogP contribution is -2.25. The van der Waals surface area contributed by atoms with E-state index in [4.69, 9.17) is 11.6 Å². The summed E-state index contributed by atoms with van der Waals surface area (Å²) in [5.74, 6) is 10.6. The molecule has 3 rings (SSSR count). The second-order valence-electron chi connectivity index (χ2n) is 10.8. The van der Waals surface area contributed by atoms with Crippen molar-refractivity contribution in [3.8, 4) is 11.8 Å². The van der Waals surface area contributed by atoms with E-state index in [1.165, 1.54) is 108 Å². The number of rotatable bonds is 10. The van der Waals surface area contributed by atoms with Crippen LogP contribution in [0.5, 0.6) is 0 Å². The maximum atomic E-state index is 6.52. The molecule has 2 saturated carbocycles. The molecule has 32 heavy (non-hydrogen) atoms. The first-order valence-electron chi connectivity index (χ1n) is 14.0. The van der Waals surface area contributed by atoms with E-state index in [9.17, 15) is 0 Å². The van der Waals surface area contributed by atoms with Crippen LogP contribution in [0.15, 0.2) is 18.2 Å². The third-order valence-corrected chi connectivity index (χ3v) is 8.67. The molecular weight excluding hydrogens is 408 g/mol. The van der Waals surface area contributed by atoms with E-state index in [1.54, 1.807) is 0 Å². The molecular formula is C31H47Cl. The minimum absolute atomic E-state index is 0.587.